The Bertz CT molecular complexity index is 289. The fraction of sp³-hybridized carbons (Fsp3) is 0.500. The molecule has 3 nitrogen and oxygen atoms in total. The summed E-state index contributed by atoms with van der Waals surface area (Å²) >= 11 is 0. The third-order valence-electron chi connectivity index (χ3n) is 2.57. The predicted molar refractivity (Wildman–Crippen MR) is 58.1 cm³/mol. The van der Waals surface area contributed by atoms with E-state index < -0.39 is 0 Å². The smallest absolute Gasteiger partial charge is 0.174 e. The van der Waals surface area contributed by atoms with E-state index in [1.165, 1.54) is 5.56 Å². The van der Waals surface area contributed by atoms with Gasteiger partial charge in [-0.3, -0.25) is 4.84 Å². The minimum atomic E-state index is -0.170. The number of rotatable bonds is 1. The van der Waals surface area contributed by atoms with Gasteiger partial charge in [0.15, 0.2) is 6.29 Å². The van der Waals surface area contributed by atoms with Gasteiger partial charge in [0.05, 0.1) is 6.04 Å². The van der Waals surface area contributed by atoms with Crippen molar-refractivity contribution in [2.45, 2.75) is 32.1 Å². The highest BCUT2D eigenvalue weighted by molar-refractivity contribution is 5.18. The van der Waals surface area contributed by atoms with Crippen LogP contribution in [0.1, 0.15) is 31.4 Å². The van der Waals surface area contributed by atoms with Crippen molar-refractivity contribution in [1.82, 2.24) is 5.48 Å². The Kier molecular flexibility index (Phi) is 3.72. The molecule has 0 radical (unpaired) electrons. The van der Waals surface area contributed by atoms with E-state index in [4.69, 9.17) is 9.57 Å². The van der Waals surface area contributed by atoms with Crippen LogP contribution in [0.2, 0.25) is 0 Å². The first-order chi connectivity index (χ1) is 7.36. The van der Waals surface area contributed by atoms with Crippen molar-refractivity contribution in [2.24, 2.45) is 0 Å². The number of benzene rings is 1. The molecule has 0 spiro atoms. The fourth-order valence-electron chi connectivity index (χ4n) is 1.73. The van der Waals surface area contributed by atoms with E-state index in [0.29, 0.717) is 0 Å². The summed E-state index contributed by atoms with van der Waals surface area (Å²) in [6, 6.07) is 10.6. The van der Waals surface area contributed by atoms with Gasteiger partial charge in [0.1, 0.15) is 0 Å². The summed E-state index contributed by atoms with van der Waals surface area (Å²) in [6.45, 7) is 2.67. The Hall–Kier alpha value is -0.900. The van der Waals surface area contributed by atoms with Crippen LogP contribution in [0, 0.1) is 0 Å². The molecule has 1 N–H and O–H groups in total. The summed E-state index contributed by atoms with van der Waals surface area (Å²) in [5.74, 6) is 0. The summed E-state index contributed by atoms with van der Waals surface area (Å²) in [4.78, 5) is 5.38. The second-order valence-electron chi connectivity index (χ2n) is 3.78. The minimum absolute atomic E-state index is 0.170. The van der Waals surface area contributed by atoms with Crippen LogP contribution >= 0.6 is 0 Å². The first-order valence-corrected chi connectivity index (χ1v) is 5.44. The Morgan fingerprint density at radius 3 is 2.87 bits per heavy atom. The zero-order chi connectivity index (χ0) is 10.5. The van der Waals surface area contributed by atoms with Gasteiger partial charge in [0.2, 0.25) is 0 Å². The van der Waals surface area contributed by atoms with Crippen molar-refractivity contribution in [1.29, 1.82) is 0 Å². The van der Waals surface area contributed by atoms with Crippen LogP contribution in [0.5, 0.6) is 0 Å². The number of hydrogen-bond acceptors (Lipinski definition) is 3. The Labute approximate surface area is 90.3 Å². The molecule has 2 atom stereocenters. The predicted octanol–water partition coefficient (Wildman–Crippen LogP) is 2.41. The summed E-state index contributed by atoms with van der Waals surface area (Å²) in [5, 5.41) is 0. The molecule has 0 aliphatic carbocycles. The monoisotopic (exact) mass is 207 g/mol. The van der Waals surface area contributed by atoms with Crippen molar-refractivity contribution in [3.63, 3.8) is 0 Å². The van der Waals surface area contributed by atoms with Crippen LogP contribution in [0.3, 0.4) is 0 Å². The molecule has 3 heteroatoms. The third kappa shape index (κ3) is 3.02. The highest BCUT2D eigenvalue weighted by atomic mass is 16.8. The average molecular weight is 207 g/mol. The molecule has 1 saturated heterocycles. The zero-order valence-corrected chi connectivity index (χ0v) is 8.98. The van der Waals surface area contributed by atoms with Crippen LogP contribution in [0.25, 0.3) is 0 Å². The number of ether oxygens (including phenoxy) is 1. The van der Waals surface area contributed by atoms with E-state index in [1.54, 1.807) is 0 Å². The molecule has 2 rings (SSSR count). The van der Waals surface area contributed by atoms with E-state index in [0.717, 1.165) is 19.4 Å². The standard InChI is InChI=1S/C12H17NO2/c1-10-14-9-5-8-12(13-15-10)11-6-3-2-4-7-11/h2-4,6-7,10,12-13H,5,8-9H2,1H3. The summed E-state index contributed by atoms with van der Waals surface area (Å²) in [7, 11) is 0. The van der Waals surface area contributed by atoms with Gasteiger partial charge >= 0.3 is 0 Å². The molecule has 0 saturated carbocycles. The maximum Gasteiger partial charge on any atom is 0.174 e. The highest BCUT2D eigenvalue weighted by Gasteiger charge is 2.15. The van der Waals surface area contributed by atoms with Crippen molar-refractivity contribution >= 4 is 0 Å². The maximum atomic E-state index is 5.38. The van der Waals surface area contributed by atoms with E-state index in [1.807, 2.05) is 13.0 Å². The summed E-state index contributed by atoms with van der Waals surface area (Å²) in [6.07, 6.45) is 1.92. The van der Waals surface area contributed by atoms with E-state index in [9.17, 15) is 0 Å². The van der Waals surface area contributed by atoms with Gasteiger partial charge in [-0.15, -0.1) is 0 Å². The molecule has 1 aliphatic rings. The van der Waals surface area contributed by atoms with Gasteiger partial charge in [-0.05, 0) is 25.3 Å². The van der Waals surface area contributed by atoms with Gasteiger partial charge in [0.25, 0.3) is 0 Å². The normalized spacial score (nSPS) is 28.1. The van der Waals surface area contributed by atoms with Gasteiger partial charge in [0, 0.05) is 6.61 Å². The molecule has 0 bridgehead atoms. The molecule has 1 aliphatic heterocycles. The molecule has 1 fully saturated rings. The lowest BCUT2D eigenvalue weighted by molar-refractivity contribution is -0.189. The van der Waals surface area contributed by atoms with Crippen LogP contribution in [-0.2, 0) is 9.57 Å². The fourth-order valence-corrected chi connectivity index (χ4v) is 1.73. The quantitative estimate of drug-likeness (QED) is 0.767. The topological polar surface area (TPSA) is 30.5 Å². The molecule has 1 aromatic carbocycles. The molecule has 82 valence electrons. The first kappa shape index (κ1) is 10.6. The molecule has 0 amide bonds. The second-order valence-corrected chi connectivity index (χ2v) is 3.78. The van der Waals surface area contributed by atoms with Crippen LogP contribution in [0.15, 0.2) is 30.3 Å². The largest absolute Gasteiger partial charge is 0.351 e. The number of hydroxylamine groups is 1. The van der Waals surface area contributed by atoms with E-state index >= 15 is 0 Å². The lowest BCUT2D eigenvalue weighted by Crippen LogP contribution is -2.30. The van der Waals surface area contributed by atoms with Gasteiger partial charge in [-0.2, -0.15) is 5.48 Å². The van der Waals surface area contributed by atoms with Crippen molar-refractivity contribution in [3.05, 3.63) is 35.9 Å². The van der Waals surface area contributed by atoms with Gasteiger partial charge in [-0.1, -0.05) is 30.3 Å². The Morgan fingerprint density at radius 2 is 2.07 bits per heavy atom. The summed E-state index contributed by atoms with van der Waals surface area (Å²) in [5.41, 5.74) is 4.33. The highest BCUT2D eigenvalue weighted by Crippen LogP contribution is 2.20. The summed E-state index contributed by atoms with van der Waals surface area (Å²) < 4.78 is 5.38. The van der Waals surface area contributed by atoms with Crippen LogP contribution < -0.4 is 5.48 Å². The molecular formula is C12H17NO2. The maximum absolute atomic E-state index is 5.38. The molecular weight excluding hydrogens is 190 g/mol. The Morgan fingerprint density at radius 1 is 1.27 bits per heavy atom. The molecule has 15 heavy (non-hydrogen) atoms. The first-order valence-electron chi connectivity index (χ1n) is 5.44. The van der Waals surface area contributed by atoms with Crippen molar-refractivity contribution in [2.75, 3.05) is 6.61 Å². The number of hydrogen-bond donors (Lipinski definition) is 1. The molecule has 2 unspecified atom stereocenters. The van der Waals surface area contributed by atoms with Crippen LogP contribution in [0.4, 0.5) is 0 Å². The number of nitrogens with one attached hydrogen (secondary N) is 1. The van der Waals surface area contributed by atoms with E-state index in [-0.39, 0.29) is 12.3 Å². The van der Waals surface area contributed by atoms with Gasteiger partial charge < -0.3 is 4.74 Å². The molecule has 0 aromatic heterocycles. The SMILES string of the molecule is CC1OCCCC(c2ccccc2)NO1. The minimum Gasteiger partial charge on any atom is -0.351 e. The zero-order valence-electron chi connectivity index (χ0n) is 8.98. The van der Waals surface area contributed by atoms with Crippen molar-refractivity contribution < 1.29 is 9.57 Å². The lowest BCUT2D eigenvalue weighted by Gasteiger charge is -2.25. The van der Waals surface area contributed by atoms with Crippen molar-refractivity contribution in [3.8, 4) is 0 Å². The van der Waals surface area contributed by atoms with E-state index in [2.05, 4.69) is 29.7 Å². The van der Waals surface area contributed by atoms with Crippen LogP contribution in [-0.4, -0.2) is 12.9 Å². The third-order valence-corrected chi connectivity index (χ3v) is 2.57. The van der Waals surface area contributed by atoms with Gasteiger partial charge in [-0.25, -0.2) is 0 Å². The average Bonchev–Trinajstić information content (AvgIpc) is 2.25. The lowest BCUT2D eigenvalue weighted by atomic mass is 10.0. The molecule has 1 aromatic rings. The second kappa shape index (κ2) is 5.26. The Balaban J connectivity index is 2.01. The molecule has 1 heterocycles.